The molecular formula is C30H33F3O5S2. The van der Waals surface area contributed by atoms with Crippen molar-refractivity contribution >= 4 is 27.0 Å². The van der Waals surface area contributed by atoms with Crippen LogP contribution >= 0.6 is 0 Å². The zero-order valence-corrected chi connectivity index (χ0v) is 23.6. The topological polar surface area (TPSA) is 83.5 Å². The van der Waals surface area contributed by atoms with Gasteiger partial charge in [-0.15, -0.1) is 0 Å². The van der Waals surface area contributed by atoms with E-state index in [0.29, 0.717) is 10.9 Å². The number of alkyl halides is 3. The number of benzene rings is 3. The number of esters is 1. The summed E-state index contributed by atoms with van der Waals surface area (Å²) in [7, 11) is -5.68. The van der Waals surface area contributed by atoms with Crippen LogP contribution in [0.3, 0.4) is 0 Å². The van der Waals surface area contributed by atoms with Crippen LogP contribution in [0, 0.1) is 0 Å². The lowest BCUT2D eigenvalue weighted by Gasteiger charge is -2.23. The summed E-state index contributed by atoms with van der Waals surface area (Å²) in [6, 6.07) is 29.2. The molecule has 216 valence electrons. The molecule has 5 nitrogen and oxygen atoms in total. The van der Waals surface area contributed by atoms with Crippen molar-refractivity contribution in [3.63, 3.8) is 0 Å². The molecule has 0 N–H and O–H groups in total. The molecule has 10 heteroatoms. The minimum Gasteiger partial charge on any atom is -0.743 e. The number of hydrogen-bond acceptors (Lipinski definition) is 5. The van der Waals surface area contributed by atoms with Crippen molar-refractivity contribution in [2.75, 3.05) is 6.61 Å². The molecule has 1 aliphatic rings. The second-order valence-electron chi connectivity index (χ2n) is 9.51. The summed E-state index contributed by atoms with van der Waals surface area (Å²) in [6.07, 6.45) is 3.80. The van der Waals surface area contributed by atoms with Crippen LogP contribution in [0.15, 0.2) is 91.0 Å². The van der Waals surface area contributed by atoms with Crippen LogP contribution in [0.2, 0.25) is 0 Å². The summed E-state index contributed by atoms with van der Waals surface area (Å²) in [6.45, 7) is -1.54. The summed E-state index contributed by atoms with van der Waals surface area (Å²) in [4.78, 5) is 11.3. The first kappa shape index (κ1) is 31.7. The molecule has 0 radical (unpaired) electrons. The van der Waals surface area contributed by atoms with Gasteiger partial charge in [0.25, 0.3) is 0 Å². The van der Waals surface area contributed by atoms with E-state index < -0.39 is 34.1 Å². The molecular weight excluding hydrogens is 561 g/mol. The van der Waals surface area contributed by atoms with Crippen LogP contribution < -0.4 is 0 Å². The smallest absolute Gasteiger partial charge is 0.368 e. The highest BCUT2D eigenvalue weighted by molar-refractivity contribution is 7.96. The van der Waals surface area contributed by atoms with Crippen LogP contribution in [-0.4, -0.2) is 42.2 Å². The van der Waals surface area contributed by atoms with Crippen molar-refractivity contribution in [3.8, 4) is 0 Å². The molecule has 3 aromatic rings. The van der Waals surface area contributed by atoms with Crippen molar-refractivity contribution in [3.05, 3.63) is 108 Å². The number of rotatable bonds is 10. The quantitative estimate of drug-likeness (QED) is 0.149. The first-order valence-electron chi connectivity index (χ1n) is 13.0. The predicted molar refractivity (Wildman–Crippen MR) is 151 cm³/mol. The number of carbonyl (C=O) groups is 1. The average Bonchev–Trinajstić information content (AvgIpc) is 2.97. The number of ether oxygens (including phenoxy) is 1. The van der Waals surface area contributed by atoms with Crippen LogP contribution in [0.1, 0.15) is 53.6 Å². The van der Waals surface area contributed by atoms with Gasteiger partial charge in [-0.05, 0) is 48.7 Å². The van der Waals surface area contributed by atoms with E-state index in [1.165, 1.54) is 79.0 Å². The normalized spacial score (nSPS) is 15.1. The Morgan fingerprint density at radius 1 is 0.850 bits per heavy atom. The first-order chi connectivity index (χ1) is 19.1. The van der Waals surface area contributed by atoms with Gasteiger partial charge in [0.1, 0.15) is 23.4 Å². The molecule has 1 unspecified atom stereocenters. The maximum atomic E-state index is 12.9. The van der Waals surface area contributed by atoms with Crippen molar-refractivity contribution in [2.24, 2.45) is 0 Å². The van der Waals surface area contributed by atoms with E-state index >= 15 is 0 Å². The maximum Gasteiger partial charge on any atom is 0.368 e. The van der Waals surface area contributed by atoms with Crippen molar-refractivity contribution in [2.45, 2.75) is 60.3 Å². The Balaban J connectivity index is 0.000000222. The molecule has 0 aromatic heterocycles. The van der Waals surface area contributed by atoms with Crippen LogP contribution in [-0.2, 0) is 37.3 Å². The Labute approximate surface area is 236 Å². The van der Waals surface area contributed by atoms with Gasteiger partial charge in [0.05, 0.1) is 5.56 Å². The highest BCUT2D eigenvalue weighted by atomic mass is 32.2. The van der Waals surface area contributed by atoms with Crippen LogP contribution in [0.25, 0.3) is 0 Å². The number of hydrogen-bond donors (Lipinski definition) is 0. The fourth-order valence-corrected chi connectivity index (χ4v) is 7.52. The highest BCUT2D eigenvalue weighted by Gasteiger charge is 2.48. The van der Waals surface area contributed by atoms with Crippen molar-refractivity contribution in [1.82, 2.24) is 0 Å². The highest BCUT2D eigenvalue weighted by Crippen LogP contribution is 2.30. The summed E-state index contributed by atoms with van der Waals surface area (Å²) < 4.78 is 72.9. The molecule has 0 heterocycles. The van der Waals surface area contributed by atoms with Gasteiger partial charge in [-0.3, -0.25) is 0 Å². The Hall–Kier alpha value is -2.82. The molecule has 1 fully saturated rings. The standard InChI is InChI=1S/C20H25S.C10H9F3O5S/c1-4-10-18(11-5-1)16-21(20-14-8-3-9-15-20)17-19-12-6-2-7-13-19;11-8(10(12,13)19(15,16)17)6-18-9(14)7-4-2-1-3-5-7/h1-2,4-7,10-13,20H,3,8-9,14-17H2;1-5,8H,6H2,(H,15,16,17)/q+1;/p-1. The molecule has 1 aliphatic carbocycles. The van der Waals surface area contributed by atoms with Gasteiger partial charge < -0.3 is 9.29 Å². The molecule has 1 saturated carbocycles. The molecule has 1 atom stereocenters. The lowest BCUT2D eigenvalue weighted by Crippen LogP contribution is -2.41. The molecule has 0 spiro atoms. The average molecular weight is 595 g/mol. The summed E-state index contributed by atoms with van der Waals surface area (Å²) in [5.74, 6) is 1.42. The van der Waals surface area contributed by atoms with E-state index in [0.717, 1.165) is 5.25 Å². The van der Waals surface area contributed by atoms with E-state index in [9.17, 15) is 30.9 Å². The molecule has 4 rings (SSSR count). The fourth-order valence-electron chi connectivity index (χ4n) is 4.32. The SMILES string of the molecule is O=C(OCC(F)C(F)(F)S(=O)(=O)[O-])c1ccccc1.c1ccc(C[S+](Cc2ccccc2)C2CCCCC2)cc1. The van der Waals surface area contributed by atoms with Crippen LogP contribution in [0.5, 0.6) is 0 Å². The van der Waals surface area contributed by atoms with E-state index in [2.05, 4.69) is 65.4 Å². The summed E-state index contributed by atoms with van der Waals surface area (Å²) in [5, 5.41) is -4.21. The molecule has 3 aromatic carbocycles. The largest absolute Gasteiger partial charge is 0.743 e. The third-order valence-corrected chi connectivity index (χ3v) is 10.2. The lowest BCUT2D eigenvalue weighted by molar-refractivity contribution is -0.0362. The Morgan fingerprint density at radius 3 is 1.75 bits per heavy atom. The molecule has 40 heavy (non-hydrogen) atoms. The fraction of sp³-hybridized carbons (Fsp3) is 0.367. The first-order valence-corrected chi connectivity index (χ1v) is 16.0. The molecule has 0 aliphatic heterocycles. The van der Waals surface area contributed by atoms with E-state index in [1.54, 1.807) is 6.07 Å². The van der Waals surface area contributed by atoms with Gasteiger partial charge in [-0.2, -0.15) is 8.78 Å². The maximum absolute atomic E-state index is 12.9. The van der Waals surface area contributed by atoms with Gasteiger partial charge in [0.15, 0.2) is 10.1 Å². The second-order valence-corrected chi connectivity index (χ2v) is 13.3. The van der Waals surface area contributed by atoms with Crippen LogP contribution in [0.4, 0.5) is 13.2 Å². The Morgan fingerprint density at radius 2 is 1.30 bits per heavy atom. The number of halogens is 3. The van der Waals surface area contributed by atoms with Gasteiger partial charge in [0, 0.05) is 11.1 Å². The third kappa shape index (κ3) is 9.67. The van der Waals surface area contributed by atoms with Gasteiger partial charge >= 0.3 is 11.2 Å². The summed E-state index contributed by atoms with van der Waals surface area (Å²) in [5.41, 5.74) is 3.01. The van der Waals surface area contributed by atoms with Crippen molar-refractivity contribution in [1.29, 1.82) is 0 Å². The zero-order chi connectivity index (χ0) is 29.0. The van der Waals surface area contributed by atoms with Gasteiger partial charge in [0.2, 0.25) is 6.17 Å². The summed E-state index contributed by atoms with van der Waals surface area (Å²) >= 11 is 0. The molecule has 0 amide bonds. The molecule has 0 saturated heterocycles. The minimum absolute atomic E-state index is 0.0250. The zero-order valence-electron chi connectivity index (χ0n) is 22.0. The van der Waals surface area contributed by atoms with E-state index in [1.807, 2.05) is 0 Å². The monoisotopic (exact) mass is 594 g/mol. The Kier molecular flexibility index (Phi) is 12.1. The minimum atomic E-state index is -6.16. The third-order valence-electron chi connectivity index (χ3n) is 6.48. The van der Waals surface area contributed by atoms with Gasteiger partial charge in [-0.25, -0.2) is 17.6 Å². The molecule has 0 bridgehead atoms. The van der Waals surface area contributed by atoms with Gasteiger partial charge in [-0.1, -0.05) is 85.3 Å². The van der Waals surface area contributed by atoms with E-state index in [-0.39, 0.29) is 5.56 Å². The Bertz CT molecular complexity index is 1230. The van der Waals surface area contributed by atoms with E-state index in [4.69, 9.17) is 0 Å². The lowest BCUT2D eigenvalue weighted by atomic mass is 10.0. The number of carbonyl (C=O) groups excluding carboxylic acids is 1. The van der Waals surface area contributed by atoms with Crippen molar-refractivity contribution < 1.29 is 35.7 Å². The second kappa shape index (κ2) is 15.3. The predicted octanol–water partition coefficient (Wildman–Crippen LogP) is 6.66.